The highest BCUT2D eigenvalue weighted by molar-refractivity contribution is 6.30. The molecule has 1 unspecified atom stereocenters. The van der Waals surface area contributed by atoms with Crippen LogP contribution >= 0.6 is 11.6 Å². The van der Waals surface area contributed by atoms with E-state index in [0.29, 0.717) is 6.04 Å². The number of likely N-dealkylation sites (N-methyl/N-ethyl adjacent to an activating group) is 2. The molecule has 1 rings (SSSR count). The second-order valence-electron chi connectivity index (χ2n) is 4.16. The first kappa shape index (κ1) is 13.5. The van der Waals surface area contributed by atoms with Crippen LogP contribution in [0.1, 0.15) is 18.9 Å². The molecule has 0 aliphatic carbocycles. The van der Waals surface area contributed by atoms with E-state index in [0.717, 1.165) is 24.5 Å². The molecule has 0 aliphatic rings. The number of hydrogen-bond acceptors (Lipinski definition) is 2. The van der Waals surface area contributed by atoms with Gasteiger partial charge in [0.2, 0.25) is 0 Å². The zero-order chi connectivity index (χ0) is 12.0. The van der Waals surface area contributed by atoms with Crippen molar-refractivity contribution in [3.8, 4) is 0 Å². The maximum Gasteiger partial charge on any atom is 0.0406 e. The number of nitrogens with zero attached hydrogens (tertiary/aromatic N) is 1. The average molecular weight is 241 g/mol. The first-order valence-corrected chi connectivity index (χ1v) is 6.14. The molecule has 0 radical (unpaired) electrons. The monoisotopic (exact) mass is 240 g/mol. The van der Waals surface area contributed by atoms with E-state index in [9.17, 15) is 0 Å². The van der Waals surface area contributed by atoms with Crippen molar-refractivity contribution >= 4 is 11.6 Å². The molecular formula is C13H21ClN2. The second-order valence-corrected chi connectivity index (χ2v) is 4.60. The third-order valence-electron chi connectivity index (χ3n) is 2.88. The molecule has 0 saturated heterocycles. The predicted molar refractivity (Wildman–Crippen MR) is 70.9 cm³/mol. The largest absolute Gasteiger partial charge is 0.318 e. The summed E-state index contributed by atoms with van der Waals surface area (Å²) in [4.78, 5) is 2.37. The summed E-state index contributed by atoms with van der Waals surface area (Å²) in [5.41, 5.74) is 1.31. The van der Waals surface area contributed by atoms with Crippen molar-refractivity contribution in [2.45, 2.75) is 25.9 Å². The molecular weight excluding hydrogens is 220 g/mol. The van der Waals surface area contributed by atoms with Gasteiger partial charge in [-0.25, -0.2) is 0 Å². The van der Waals surface area contributed by atoms with Crippen LogP contribution in [0.15, 0.2) is 24.3 Å². The molecule has 2 nitrogen and oxygen atoms in total. The van der Waals surface area contributed by atoms with E-state index in [1.807, 2.05) is 19.2 Å². The smallest absolute Gasteiger partial charge is 0.0406 e. The molecule has 0 aliphatic heterocycles. The van der Waals surface area contributed by atoms with Crippen LogP contribution in [-0.2, 0) is 6.54 Å². The van der Waals surface area contributed by atoms with Gasteiger partial charge in [0.25, 0.3) is 0 Å². The van der Waals surface area contributed by atoms with Crippen LogP contribution in [0.4, 0.5) is 0 Å². The standard InChI is InChI=1S/C13H21ClN2/c1-4-13(9-15-2)16(3)10-11-5-7-12(14)8-6-11/h5-8,13,15H,4,9-10H2,1-3H3. The maximum atomic E-state index is 5.86. The van der Waals surface area contributed by atoms with Gasteiger partial charge in [-0.15, -0.1) is 0 Å². The average Bonchev–Trinajstić information content (AvgIpc) is 2.29. The lowest BCUT2D eigenvalue weighted by Crippen LogP contribution is -2.38. The maximum absolute atomic E-state index is 5.86. The molecule has 90 valence electrons. The van der Waals surface area contributed by atoms with Crippen LogP contribution in [0, 0.1) is 0 Å². The molecule has 0 saturated carbocycles. The molecule has 3 heteroatoms. The Hall–Kier alpha value is -0.570. The van der Waals surface area contributed by atoms with E-state index in [4.69, 9.17) is 11.6 Å². The summed E-state index contributed by atoms with van der Waals surface area (Å²) in [7, 11) is 4.17. The fraction of sp³-hybridized carbons (Fsp3) is 0.538. The van der Waals surface area contributed by atoms with E-state index in [1.54, 1.807) is 0 Å². The van der Waals surface area contributed by atoms with E-state index in [2.05, 4.69) is 36.3 Å². The van der Waals surface area contributed by atoms with Crippen molar-refractivity contribution < 1.29 is 0 Å². The summed E-state index contributed by atoms with van der Waals surface area (Å²) in [5.74, 6) is 0. The van der Waals surface area contributed by atoms with Crippen LogP contribution in [0.25, 0.3) is 0 Å². The van der Waals surface area contributed by atoms with E-state index in [1.165, 1.54) is 5.56 Å². The van der Waals surface area contributed by atoms with Crippen molar-refractivity contribution in [2.75, 3.05) is 20.6 Å². The molecule has 0 bridgehead atoms. The molecule has 1 N–H and O–H groups in total. The van der Waals surface area contributed by atoms with Crippen molar-refractivity contribution in [3.63, 3.8) is 0 Å². The summed E-state index contributed by atoms with van der Waals surface area (Å²) in [6.07, 6.45) is 1.16. The Morgan fingerprint density at radius 2 is 1.94 bits per heavy atom. The first-order chi connectivity index (χ1) is 7.67. The molecule has 0 amide bonds. The quantitative estimate of drug-likeness (QED) is 0.823. The van der Waals surface area contributed by atoms with E-state index >= 15 is 0 Å². The molecule has 0 aromatic heterocycles. The van der Waals surface area contributed by atoms with E-state index in [-0.39, 0.29) is 0 Å². The summed E-state index contributed by atoms with van der Waals surface area (Å²) in [6.45, 7) is 4.22. The van der Waals surface area contributed by atoms with E-state index < -0.39 is 0 Å². The summed E-state index contributed by atoms with van der Waals surface area (Å²) in [5, 5.41) is 4.03. The fourth-order valence-electron chi connectivity index (χ4n) is 1.85. The van der Waals surface area contributed by atoms with Crippen molar-refractivity contribution in [2.24, 2.45) is 0 Å². The molecule has 0 heterocycles. The fourth-order valence-corrected chi connectivity index (χ4v) is 1.98. The Balaban J connectivity index is 2.55. The first-order valence-electron chi connectivity index (χ1n) is 5.76. The summed E-state index contributed by atoms with van der Waals surface area (Å²) >= 11 is 5.86. The lowest BCUT2D eigenvalue weighted by Gasteiger charge is -2.27. The van der Waals surface area contributed by atoms with Gasteiger partial charge in [0.1, 0.15) is 0 Å². The van der Waals surface area contributed by atoms with Crippen LogP contribution in [0.5, 0.6) is 0 Å². The van der Waals surface area contributed by atoms with Crippen LogP contribution in [0.3, 0.4) is 0 Å². The number of rotatable bonds is 6. The molecule has 16 heavy (non-hydrogen) atoms. The highest BCUT2D eigenvalue weighted by Gasteiger charge is 2.11. The number of halogens is 1. The molecule has 1 atom stereocenters. The van der Waals surface area contributed by atoms with Crippen molar-refractivity contribution in [1.29, 1.82) is 0 Å². The number of nitrogens with one attached hydrogen (secondary N) is 1. The van der Waals surface area contributed by atoms with Gasteiger partial charge in [0.05, 0.1) is 0 Å². The molecule has 1 aromatic carbocycles. The highest BCUT2D eigenvalue weighted by atomic mass is 35.5. The van der Waals surface area contributed by atoms with Crippen molar-refractivity contribution in [3.05, 3.63) is 34.9 Å². The Morgan fingerprint density at radius 1 is 1.31 bits per heavy atom. The van der Waals surface area contributed by atoms with Gasteiger partial charge < -0.3 is 5.32 Å². The summed E-state index contributed by atoms with van der Waals surface area (Å²) < 4.78 is 0. The van der Waals surface area contributed by atoms with Gasteiger partial charge >= 0.3 is 0 Å². The number of hydrogen-bond donors (Lipinski definition) is 1. The minimum Gasteiger partial charge on any atom is -0.318 e. The zero-order valence-corrected chi connectivity index (χ0v) is 11.1. The van der Waals surface area contributed by atoms with Crippen LogP contribution < -0.4 is 5.32 Å². The second kappa shape index (κ2) is 6.89. The minimum atomic E-state index is 0.584. The van der Waals surface area contributed by atoms with Gasteiger partial charge in [-0.3, -0.25) is 4.90 Å². The van der Waals surface area contributed by atoms with Gasteiger partial charge in [-0.05, 0) is 38.2 Å². The SMILES string of the molecule is CCC(CNC)N(C)Cc1ccc(Cl)cc1. The Bertz CT molecular complexity index is 297. The zero-order valence-electron chi connectivity index (χ0n) is 10.3. The summed E-state index contributed by atoms with van der Waals surface area (Å²) in [6, 6.07) is 8.66. The van der Waals surface area contributed by atoms with Gasteiger partial charge in [0, 0.05) is 24.2 Å². The molecule has 0 fully saturated rings. The van der Waals surface area contributed by atoms with Gasteiger partial charge in [0.15, 0.2) is 0 Å². The Labute approximate surface area is 104 Å². The van der Waals surface area contributed by atoms with Gasteiger partial charge in [-0.2, -0.15) is 0 Å². The van der Waals surface area contributed by atoms with Gasteiger partial charge in [-0.1, -0.05) is 30.7 Å². The topological polar surface area (TPSA) is 15.3 Å². The normalized spacial score (nSPS) is 13.1. The highest BCUT2D eigenvalue weighted by Crippen LogP contribution is 2.12. The Morgan fingerprint density at radius 3 is 2.44 bits per heavy atom. The Kier molecular flexibility index (Phi) is 5.81. The predicted octanol–water partition coefficient (Wildman–Crippen LogP) is 2.77. The minimum absolute atomic E-state index is 0.584. The van der Waals surface area contributed by atoms with Crippen molar-refractivity contribution in [1.82, 2.24) is 10.2 Å². The lowest BCUT2D eigenvalue weighted by atomic mass is 10.1. The third-order valence-corrected chi connectivity index (χ3v) is 3.13. The van der Waals surface area contributed by atoms with Crippen LogP contribution in [-0.4, -0.2) is 31.6 Å². The third kappa shape index (κ3) is 4.12. The lowest BCUT2D eigenvalue weighted by molar-refractivity contribution is 0.224. The molecule has 0 spiro atoms. The van der Waals surface area contributed by atoms with Crippen LogP contribution in [0.2, 0.25) is 5.02 Å². The number of benzene rings is 1. The molecule has 1 aromatic rings.